The van der Waals surface area contributed by atoms with Crippen LogP contribution in [0.3, 0.4) is 0 Å². The molecule has 0 aliphatic carbocycles. The molecule has 0 saturated carbocycles. The van der Waals surface area contributed by atoms with Gasteiger partial charge in [-0.15, -0.1) is 0 Å². The van der Waals surface area contributed by atoms with Gasteiger partial charge in [-0.1, -0.05) is 0 Å². The molecule has 2 saturated heterocycles. The minimum Gasteiger partial charge on any atom is -0.447 e. The van der Waals surface area contributed by atoms with E-state index in [2.05, 4.69) is 4.99 Å². The Bertz CT molecular complexity index is 444. The minimum absolute atomic E-state index is 0.472. The van der Waals surface area contributed by atoms with Crippen molar-refractivity contribution in [3.05, 3.63) is 0 Å². The molecule has 2 fully saturated rings. The third-order valence-electron chi connectivity index (χ3n) is 3.65. The van der Waals surface area contributed by atoms with Crippen LogP contribution in [0.25, 0.3) is 0 Å². The maximum atomic E-state index is 11.8. The van der Waals surface area contributed by atoms with E-state index in [1.807, 2.05) is 0 Å². The zero-order valence-electron chi connectivity index (χ0n) is 9.14. The van der Waals surface area contributed by atoms with Crippen molar-refractivity contribution in [2.45, 2.75) is 44.1 Å². The van der Waals surface area contributed by atoms with Crippen molar-refractivity contribution >= 4 is 17.8 Å². The molecule has 6 nitrogen and oxygen atoms in total. The van der Waals surface area contributed by atoms with Crippen LogP contribution < -0.4 is 0 Å². The Morgan fingerprint density at radius 2 is 1.81 bits per heavy atom. The second kappa shape index (κ2) is 2.39. The van der Waals surface area contributed by atoms with Gasteiger partial charge in [0.1, 0.15) is 0 Å². The summed E-state index contributed by atoms with van der Waals surface area (Å²) >= 11 is 0. The average Bonchev–Trinajstić information content (AvgIpc) is 2.57. The van der Waals surface area contributed by atoms with Crippen molar-refractivity contribution in [2.24, 2.45) is 4.99 Å². The summed E-state index contributed by atoms with van der Waals surface area (Å²) in [5.41, 5.74) is -1.52. The summed E-state index contributed by atoms with van der Waals surface area (Å²) in [6, 6.07) is 0. The Morgan fingerprint density at radius 3 is 2.50 bits per heavy atom. The molecule has 2 bridgehead atoms. The first-order valence-corrected chi connectivity index (χ1v) is 5.05. The highest BCUT2D eigenvalue weighted by Crippen LogP contribution is 2.46. The molecule has 0 aromatic carbocycles. The number of carbonyl (C=O) groups excluding carboxylic acids is 2. The molecule has 0 amide bonds. The first-order chi connectivity index (χ1) is 7.38. The fraction of sp³-hybridized carbons (Fsp3) is 0.700. The molecule has 16 heavy (non-hydrogen) atoms. The van der Waals surface area contributed by atoms with Crippen LogP contribution >= 0.6 is 0 Å². The molecule has 86 valence electrons. The summed E-state index contributed by atoms with van der Waals surface area (Å²) < 4.78 is 15.4. The molecule has 0 spiro atoms. The van der Waals surface area contributed by atoms with Crippen LogP contribution in [-0.2, 0) is 19.0 Å². The molecule has 6 heteroatoms. The zero-order valence-corrected chi connectivity index (χ0v) is 9.14. The van der Waals surface area contributed by atoms with Gasteiger partial charge in [0.25, 0.3) is 0 Å². The minimum atomic E-state index is -1.17. The van der Waals surface area contributed by atoms with Gasteiger partial charge in [0, 0.05) is 0 Å². The van der Waals surface area contributed by atoms with E-state index < -0.39 is 35.5 Å². The van der Waals surface area contributed by atoms with E-state index >= 15 is 0 Å². The van der Waals surface area contributed by atoms with Gasteiger partial charge in [-0.05, 0) is 20.8 Å². The lowest BCUT2D eigenvalue weighted by atomic mass is 9.74. The van der Waals surface area contributed by atoms with Crippen LogP contribution in [-0.4, -0.2) is 41.2 Å². The van der Waals surface area contributed by atoms with Gasteiger partial charge in [0.05, 0.1) is 5.71 Å². The molecule has 4 aliphatic rings. The standard InChI is InChI=1S/C10H11NO5/c1-4-10(3)6-5(14-8(13)15-6)9(2,11-4)7(12)16-10/h5-6H,1-3H3/t5-,6+,9-,10+/m1/s1. The number of nitrogens with zero attached hydrogens (tertiary/aromatic N) is 1. The molecule has 4 heterocycles. The molecule has 4 aliphatic heterocycles. The van der Waals surface area contributed by atoms with Gasteiger partial charge in [0.15, 0.2) is 23.3 Å². The molecule has 0 N–H and O–H groups in total. The number of fused-ring (bicyclic) bond motifs is 1. The SMILES string of the molecule is CC1=N[C@@]2(C)C(=O)O[C@]1(C)[C@H]1OC(=O)O[C@H]12. The summed E-state index contributed by atoms with van der Waals surface area (Å²) in [6.45, 7) is 5.03. The number of rotatable bonds is 0. The third-order valence-corrected chi connectivity index (χ3v) is 3.65. The van der Waals surface area contributed by atoms with Crippen molar-refractivity contribution in [1.29, 1.82) is 0 Å². The molecule has 0 aromatic rings. The fourth-order valence-corrected chi connectivity index (χ4v) is 2.49. The Morgan fingerprint density at radius 1 is 1.19 bits per heavy atom. The molecule has 4 rings (SSSR count). The van der Waals surface area contributed by atoms with Crippen LogP contribution in [0.4, 0.5) is 4.79 Å². The van der Waals surface area contributed by atoms with E-state index in [1.54, 1.807) is 20.8 Å². The highest BCUT2D eigenvalue weighted by Gasteiger charge is 2.70. The quantitative estimate of drug-likeness (QED) is 0.559. The summed E-state index contributed by atoms with van der Waals surface area (Å²) in [4.78, 5) is 27.3. The Hall–Kier alpha value is -1.59. The van der Waals surface area contributed by atoms with E-state index in [-0.39, 0.29) is 0 Å². The Kier molecular flexibility index (Phi) is 1.44. The highest BCUT2D eigenvalue weighted by molar-refractivity contribution is 6.02. The van der Waals surface area contributed by atoms with Gasteiger partial charge in [0.2, 0.25) is 0 Å². The van der Waals surface area contributed by atoms with Gasteiger partial charge in [-0.3, -0.25) is 4.99 Å². The molecular weight excluding hydrogens is 214 g/mol. The van der Waals surface area contributed by atoms with Gasteiger partial charge >= 0.3 is 12.1 Å². The largest absolute Gasteiger partial charge is 0.509 e. The summed E-state index contributed by atoms with van der Waals surface area (Å²) in [5, 5.41) is 0. The third kappa shape index (κ3) is 0.819. The van der Waals surface area contributed by atoms with Crippen molar-refractivity contribution in [3.63, 3.8) is 0 Å². The second-order valence-electron chi connectivity index (χ2n) is 4.67. The van der Waals surface area contributed by atoms with E-state index in [9.17, 15) is 9.59 Å². The van der Waals surface area contributed by atoms with Crippen LogP contribution in [0.1, 0.15) is 20.8 Å². The van der Waals surface area contributed by atoms with Crippen LogP contribution in [0.2, 0.25) is 0 Å². The lowest BCUT2D eigenvalue weighted by Crippen LogP contribution is -2.71. The predicted octanol–water partition coefficient (Wildman–Crippen LogP) is 0.439. The van der Waals surface area contributed by atoms with Crippen LogP contribution in [0, 0.1) is 0 Å². The number of hydrogen-bond donors (Lipinski definition) is 0. The van der Waals surface area contributed by atoms with Crippen LogP contribution in [0.15, 0.2) is 4.99 Å². The number of ether oxygens (including phenoxy) is 3. The number of esters is 1. The molecule has 0 unspecified atom stereocenters. The number of aliphatic imine (C=N–C) groups is 1. The highest BCUT2D eigenvalue weighted by atomic mass is 16.8. The van der Waals surface area contributed by atoms with E-state index in [0.717, 1.165) is 0 Å². The molecular formula is C10H11NO5. The fourth-order valence-electron chi connectivity index (χ4n) is 2.49. The topological polar surface area (TPSA) is 74.2 Å². The van der Waals surface area contributed by atoms with Gasteiger partial charge in [-0.2, -0.15) is 0 Å². The van der Waals surface area contributed by atoms with Crippen molar-refractivity contribution in [3.8, 4) is 0 Å². The summed E-state index contributed by atoms with van der Waals surface area (Å²) in [5.74, 6) is -0.472. The zero-order chi connectivity index (χ0) is 11.7. The second-order valence-corrected chi connectivity index (χ2v) is 4.67. The van der Waals surface area contributed by atoms with Crippen LogP contribution in [0.5, 0.6) is 0 Å². The first-order valence-electron chi connectivity index (χ1n) is 5.05. The maximum absolute atomic E-state index is 11.8. The van der Waals surface area contributed by atoms with Gasteiger partial charge < -0.3 is 14.2 Å². The molecule has 4 atom stereocenters. The van der Waals surface area contributed by atoms with E-state index in [1.165, 1.54) is 0 Å². The predicted molar refractivity (Wildman–Crippen MR) is 51.2 cm³/mol. The lowest BCUT2D eigenvalue weighted by Gasteiger charge is -2.49. The Labute approximate surface area is 91.6 Å². The first kappa shape index (κ1) is 9.62. The smallest absolute Gasteiger partial charge is 0.447 e. The van der Waals surface area contributed by atoms with Crippen molar-refractivity contribution in [1.82, 2.24) is 0 Å². The lowest BCUT2D eigenvalue weighted by molar-refractivity contribution is -0.190. The Balaban J connectivity index is 2.20. The number of hydrogen-bond acceptors (Lipinski definition) is 6. The summed E-state index contributed by atoms with van der Waals surface area (Å²) in [6.07, 6.45) is -2.05. The van der Waals surface area contributed by atoms with Crippen molar-refractivity contribution < 1.29 is 23.8 Å². The normalized spacial score (nSPS) is 49.1. The van der Waals surface area contributed by atoms with E-state index in [4.69, 9.17) is 14.2 Å². The maximum Gasteiger partial charge on any atom is 0.509 e. The monoisotopic (exact) mass is 225 g/mol. The number of carbonyl (C=O) groups is 2. The average molecular weight is 225 g/mol. The van der Waals surface area contributed by atoms with Crippen molar-refractivity contribution in [2.75, 3.05) is 0 Å². The molecule has 0 aromatic heterocycles. The van der Waals surface area contributed by atoms with E-state index in [0.29, 0.717) is 5.71 Å². The summed E-state index contributed by atoms with van der Waals surface area (Å²) in [7, 11) is 0. The van der Waals surface area contributed by atoms with Gasteiger partial charge in [-0.25, -0.2) is 9.59 Å². The molecule has 0 radical (unpaired) electrons.